The zero-order valence-electron chi connectivity index (χ0n) is 12.2. The van der Waals surface area contributed by atoms with Gasteiger partial charge in [0.05, 0.1) is 7.11 Å². The van der Waals surface area contributed by atoms with Crippen molar-refractivity contribution in [3.05, 3.63) is 63.9 Å². The standard InChI is InChI=1S/C17H19BrFNO/c1-3-20-17(10-12-5-4-6-13(19)9-12)15-11-14(21-2)7-8-16(15)18/h4-9,11,17,20H,3,10H2,1-2H3. The van der Waals surface area contributed by atoms with E-state index in [1.807, 2.05) is 24.3 Å². The summed E-state index contributed by atoms with van der Waals surface area (Å²) in [5, 5.41) is 3.45. The third-order valence-electron chi connectivity index (χ3n) is 3.36. The van der Waals surface area contributed by atoms with E-state index in [0.717, 1.165) is 34.3 Å². The van der Waals surface area contributed by atoms with Crippen LogP contribution in [0.1, 0.15) is 24.1 Å². The van der Waals surface area contributed by atoms with Gasteiger partial charge in [0.15, 0.2) is 0 Å². The van der Waals surface area contributed by atoms with Crippen LogP contribution >= 0.6 is 15.9 Å². The van der Waals surface area contributed by atoms with Crippen LogP contribution in [0.25, 0.3) is 0 Å². The predicted octanol–water partition coefficient (Wildman–Crippen LogP) is 4.49. The maximum absolute atomic E-state index is 13.4. The van der Waals surface area contributed by atoms with E-state index in [9.17, 15) is 4.39 Å². The van der Waals surface area contributed by atoms with Gasteiger partial charge in [-0.3, -0.25) is 0 Å². The van der Waals surface area contributed by atoms with E-state index in [1.165, 1.54) is 6.07 Å². The monoisotopic (exact) mass is 351 g/mol. The average Bonchev–Trinajstić information content (AvgIpc) is 2.47. The number of benzene rings is 2. The molecule has 2 aromatic rings. The summed E-state index contributed by atoms with van der Waals surface area (Å²) in [6, 6.07) is 12.7. The predicted molar refractivity (Wildman–Crippen MR) is 87.2 cm³/mol. The Morgan fingerprint density at radius 1 is 1.24 bits per heavy atom. The minimum absolute atomic E-state index is 0.0984. The number of hydrogen-bond donors (Lipinski definition) is 1. The normalized spacial score (nSPS) is 12.2. The molecular formula is C17H19BrFNO. The first-order valence-electron chi connectivity index (χ1n) is 6.95. The molecule has 0 aliphatic rings. The molecule has 0 spiro atoms. The van der Waals surface area contributed by atoms with Gasteiger partial charge in [-0.1, -0.05) is 35.0 Å². The Hall–Kier alpha value is -1.39. The van der Waals surface area contributed by atoms with Crippen LogP contribution in [0.5, 0.6) is 5.75 Å². The van der Waals surface area contributed by atoms with Crippen molar-refractivity contribution in [1.29, 1.82) is 0 Å². The van der Waals surface area contributed by atoms with Crippen LogP contribution in [0.3, 0.4) is 0 Å². The first kappa shape index (κ1) is 16.0. The van der Waals surface area contributed by atoms with Crippen molar-refractivity contribution >= 4 is 15.9 Å². The minimum atomic E-state index is -0.201. The summed E-state index contributed by atoms with van der Waals surface area (Å²) in [6.45, 7) is 2.90. The van der Waals surface area contributed by atoms with Crippen LogP contribution < -0.4 is 10.1 Å². The van der Waals surface area contributed by atoms with Gasteiger partial charge < -0.3 is 10.1 Å². The number of halogens is 2. The van der Waals surface area contributed by atoms with E-state index < -0.39 is 0 Å². The van der Waals surface area contributed by atoms with Crippen molar-refractivity contribution in [1.82, 2.24) is 5.32 Å². The Balaban J connectivity index is 2.30. The number of methoxy groups -OCH3 is 1. The third-order valence-corrected chi connectivity index (χ3v) is 4.08. The highest BCUT2D eigenvalue weighted by Crippen LogP contribution is 2.30. The molecule has 112 valence electrons. The van der Waals surface area contributed by atoms with Crippen LogP contribution in [0.4, 0.5) is 4.39 Å². The van der Waals surface area contributed by atoms with E-state index in [4.69, 9.17) is 4.74 Å². The second-order valence-electron chi connectivity index (χ2n) is 4.83. The molecule has 1 unspecified atom stereocenters. The average molecular weight is 352 g/mol. The number of hydrogen-bond acceptors (Lipinski definition) is 2. The van der Waals surface area contributed by atoms with Gasteiger partial charge in [-0.25, -0.2) is 4.39 Å². The largest absolute Gasteiger partial charge is 0.497 e. The van der Waals surface area contributed by atoms with Crippen LogP contribution in [0.2, 0.25) is 0 Å². The molecule has 0 bridgehead atoms. The Bertz CT molecular complexity index is 603. The zero-order chi connectivity index (χ0) is 15.2. The Morgan fingerprint density at radius 2 is 2.05 bits per heavy atom. The fraction of sp³-hybridized carbons (Fsp3) is 0.294. The zero-order valence-corrected chi connectivity index (χ0v) is 13.8. The van der Waals surface area contributed by atoms with Crippen molar-refractivity contribution in [3.63, 3.8) is 0 Å². The molecular weight excluding hydrogens is 333 g/mol. The van der Waals surface area contributed by atoms with Crippen LogP contribution in [-0.2, 0) is 6.42 Å². The van der Waals surface area contributed by atoms with Gasteiger partial charge in [0.25, 0.3) is 0 Å². The Labute approximate surface area is 133 Å². The lowest BCUT2D eigenvalue weighted by Crippen LogP contribution is -2.23. The smallest absolute Gasteiger partial charge is 0.123 e. The molecule has 2 aromatic carbocycles. The molecule has 2 rings (SSSR count). The van der Waals surface area contributed by atoms with Gasteiger partial charge in [0.1, 0.15) is 11.6 Å². The van der Waals surface area contributed by atoms with Crippen LogP contribution in [-0.4, -0.2) is 13.7 Å². The van der Waals surface area contributed by atoms with E-state index in [2.05, 4.69) is 28.2 Å². The molecule has 4 heteroatoms. The van der Waals surface area contributed by atoms with Crippen molar-refractivity contribution in [2.24, 2.45) is 0 Å². The number of nitrogens with one attached hydrogen (secondary N) is 1. The maximum atomic E-state index is 13.4. The molecule has 0 heterocycles. The molecule has 1 N–H and O–H groups in total. The first-order chi connectivity index (χ1) is 10.1. The lowest BCUT2D eigenvalue weighted by Gasteiger charge is -2.20. The molecule has 0 aliphatic carbocycles. The first-order valence-corrected chi connectivity index (χ1v) is 7.74. The summed E-state index contributed by atoms with van der Waals surface area (Å²) in [5.74, 6) is 0.614. The summed E-state index contributed by atoms with van der Waals surface area (Å²) in [5.41, 5.74) is 2.08. The highest BCUT2D eigenvalue weighted by molar-refractivity contribution is 9.10. The summed E-state index contributed by atoms with van der Waals surface area (Å²) in [6.07, 6.45) is 0.720. The number of likely N-dealkylation sites (N-methyl/N-ethyl adjacent to an activating group) is 1. The molecule has 1 atom stereocenters. The van der Waals surface area contributed by atoms with Crippen molar-refractivity contribution in [2.75, 3.05) is 13.7 Å². The highest BCUT2D eigenvalue weighted by atomic mass is 79.9. The topological polar surface area (TPSA) is 21.3 Å². The summed E-state index contributed by atoms with van der Waals surface area (Å²) >= 11 is 3.59. The van der Waals surface area contributed by atoms with Crippen molar-refractivity contribution < 1.29 is 9.13 Å². The lowest BCUT2D eigenvalue weighted by atomic mass is 9.98. The van der Waals surface area contributed by atoms with Gasteiger partial charge in [-0.15, -0.1) is 0 Å². The van der Waals surface area contributed by atoms with E-state index in [1.54, 1.807) is 19.2 Å². The van der Waals surface area contributed by atoms with Gasteiger partial charge in [-0.2, -0.15) is 0 Å². The molecule has 0 aromatic heterocycles. The molecule has 2 nitrogen and oxygen atoms in total. The summed E-state index contributed by atoms with van der Waals surface area (Å²) < 4.78 is 19.7. The SMILES string of the molecule is CCNC(Cc1cccc(F)c1)c1cc(OC)ccc1Br. The molecule has 0 amide bonds. The third kappa shape index (κ3) is 4.29. The number of rotatable bonds is 6. The van der Waals surface area contributed by atoms with Crippen molar-refractivity contribution in [2.45, 2.75) is 19.4 Å². The molecule has 0 aliphatic heterocycles. The fourth-order valence-electron chi connectivity index (χ4n) is 2.35. The second-order valence-corrected chi connectivity index (χ2v) is 5.69. The van der Waals surface area contributed by atoms with E-state index >= 15 is 0 Å². The molecule has 21 heavy (non-hydrogen) atoms. The van der Waals surface area contributed by atoms with Gasteiger partial charge in [-0.05, 0) is 54.4 Å². The molecule has 0 saturated carbocycles. The van der Waals surface area contributed by atoms with Gasteiger partial charge in [0, 0.05) is 10.5 Å². The lowest BCUT2D eigenvalue weighted by molar-refractivity contribution is 0.412. The Kier molecular flexibility index (Phi) is 5.76. The van der Waals surface area contributed by atoms with E-state index in [0.29, 0.717) is 0 Å². The van der Waals surface area contributed by atoms with Gasteiger partial charge >= 0.3 is 0 Å². The van der Waals surface area contributed by atoms with Crippen LogP contribution in [0.15, 0.2) is 46.9 Å². The van der Waals surface area contributed by atoms with E-state index in [-0.39, 0.29) is 11.9 Å². The summed E-state index contributed by atoms with van der Waals surface area (Å²) in [7, 11) is 1.65. The molecule has 0 fully saturated rings. The van der Waals surface area contributed by atoms with Crippen LogP contribution in [0, 0.1) is 5.82 Å². The van der Waals surface area contributed by atoms with Gasteiger partial charge in [0.2, 0.25) is 0 Å². The summed E-state index contributed by atoms with van der Waals surface area (Å²) in [4.78, 5) is 0. The second kappa shape index (κ2) is 7.57. The fourth-order valence-corrected chi connectivity index (χ4v) is 2.88. The maximum Gasteiger partial charge on any atom is 0.123 e. The molecule has 0 saturated heterocycles. The Morgan fingerprint density at radius 3 is 2.71 bits per heavy atom. The highest BCUT2D eigenvalue weighted by Gasteiger charge is 2.15. The molecule has 0 radical (unpaired) electrons. The number of ether oxygens (including phenoxy) is 1. The van der Waals surface area contributed by atoms with Crippen molar-refractivity contribution in [3.8, 4) is 5.75 Å². The minimum Gasteiger partial charge on any atom is -0.497 e. The quantitative estimate of drug-likeness (QED) is 0.827.